The van der Waals surface area contributed by atoms with E-state index in [1.165, 1.54) is 6.07 Å². The molecular formula is C23H20F5N7. The first-order valence-electron chi connectivity index (χ1n) is 10.9. The topological polar surface area (TPSA) is 71.2 Å². The summed E-state index contributed by atoms with van der Waals surface area (Å²) in [6.07, 6.45) is -0.544. The van der Waals surface area contributed by atoms with Crippen LogP contribution in [0.1, 0.15) is 24.1 Å². The van der Waals surface area contributed by atoms with Crippen LogP contribution >= 0.6 is 0 Å². The van der Waals surface area contributed by atoms with E-state index >= 15 is 0 Å². The number of piperidine rings is 1. The van der Waals surface area contributed by atoms with Gasteiger partial charge in [-0.1, -0.05) is 6.07 Å². The fraction of sp³-hybridized carbons (Fsp3) is 0.304. The third-order valence-electron chi connectivity index (χ3n) is 5.90. The minimum absolute atomic E-state index is 0.000369. The van der Waals surface area contributed by atoms with Crippen molar-refractivity contribution in [2.45, 2.75) is 32.0 Å². The summed E-state index contributed by atoms with van der Waals surface area (Å²) in [6, 6.07) is 6.47. The number of fused-ring (bicyclic) bond motifs is 1. The highest BCUT2D eigenvalue weighted by Crippen LogP contribution is 2.30. The molecule has 5 rings (SSSR count). The fourth-order valence-corrected chi connectivity index (χ4v) is 4.17. The van der Waals surface area contributed by atoms with Crippen LogP contribution in [0, 0.1) is 18.6 Å². The molecule has 12 heteroatoms. The van der Waals surface area contributed by atoms with Gasteiger partial charge >= 0.3 is 6.18 Å². The second-order valence-electron chi connectivity index (χ2n) is 8.43. The highest BCUT2D eigenvalue weighted by atomic mass is 19.4. The molecule has 0 amide bonds. The summed E-state index contributed by atoms with van der Waals surface area (Å²) in [6.45, 7) is 2.86. The second-order valence-corrected chi connectivity index (χ2v) is 8.43. The van der Waals surface area contributed by atoms with E-state index in [-0.39, 0.29) is 11.9 Å². The quantitative estimate of drug-likeness (QED) is 0.413. The van der Waals surface area contributed by atoms with E-state index in [1.54, 1.807) is 15.6 Å². The van der Waals surface area contributed by atoms with Gasteiger partial charge in [-0.2, -0.15) is 18.2 Å². The number of benzene rings is 1. The number of hydrogen-bond donors (Lipinski definition) is 1. The van der Waals surface area contributed by atoms with Gasteiger partial charge in [-0.05, 0) is 49.1 Å². The van der Waals surface area contributed by atoms with Crippen molar-refractivity contribution in [1.82, 2.24) is 24.6 Å². The molecular weight excluding hydrogens is 469 g/mol. The molecule has 35 heavy (non-hydrogen) atoms. The van der Waals surface area contributed by atoms with E-state index in [0.29, 0.717) is 48.7 Å². The van der Waals surface area contributed by atoms with Crippen molar-refractivity contribution in [2.24, 2.45) is 0 Å². The van der Waals surface area contributed by atoms with Crippen molar-refractivity contribution >= 4 is 17.4 Å². The molecule has 0 unspecified atom stereocenters. The van der Waals surface area contributed by atoms with Crippen LogP contribution in [0.5, 0.6) is 0 Å². The Kier molecular flexibility index (Phi) is 5.73. The van der Waals surface area contributed by atoms with Crippen LogP contribution in [0.2, 0.25) is 0 Å². The smallest absolute Gasteiger partial charge is 0.356 e. The van der Waals surface area contributed by atoms with Crippen LogP contribution in [0.3, 0.4) is 0 Å². The average Bonchev–Trinajstić information content (AvgIpc) is 3.22. The molecule has 1 aliphatic heterocycles. The van der Waals surface area contributed by atoms with Crippen molar-refractivity contribution in [2.75, 3.05) is 23.3 Å². The lowest BCUT2D eigenvalue weighted by Crippen LogP contribution is -2.39. The van der Waals surface area contributed by atoms with Crippen molar-refractivity contribution < 1.29 is 22.0 Å². The van der Waals surface area contributed by atoms with Gasteiger partial charge in [0, 0.05) is 37.0 Å². The largest absolute Gasteiger partial charge is 0.433 e. The van der Waals surface area contributed by atoms with Crippen LogP contribution in [0.25, 0.3) is 16.8 Å². The fourth-order valence-electron chi connectivity index (χ4n) is 4.17. The minimum atomic E-state index is -4.52. The number of aryl methyl sites for hydroxylation is 1. The molecule has 0 radical (unpaired) electrons. The molecule has 0 spiro atoms. The molecule has 1 fully saturated rings. The number of rotatable bonds is 4. The summed E-state index contributed by atoms with van der Waals surface area (Å²) in [4.78, 5) is 13.6. The second kappa shape index (κ2) is 8.75. The molecule has 0 saturated carbocycles. The lowest BCUT2D eigenvalue weighted by molar-refractivity contribution is -0.141. The van der Waals surface area contributed by atoms with Gasteiger partial charge in [0.1, 0.15) is 17.8 Å². The molecule has 182 valence electrons. The lowest BCUT2D eigenvalue weighted by atomic mass is 10.1. The summed E-state index contributed by atoms with van der Waals surface area (Å²) < 4.78 is 67.7. The average molecular weight is 489 g/mol. The molecule has 0 atom stereocenters. The number of anilines is 2. The Bertz CT molecular complexity index is 1380. The standard InChI is InChI=1S/C23H20F5N7/c1-13-8-16(14-2-3-17(24)18(25)9-14)21-32-22(33-35(21)11-13)31-15-4-6-34(7-5-15)20-10-19(23(26,27)28)29-12-30-20/h2-3,8-12,15H,4-7H2,1H3,(H,31,33). The first kappa shape index (κ1) is 22.9. The van der Waals surface area contributed by atoms with Crippen LogP contribution in [-0.4, -0.2) is 43.7 Å². The van der Waals surface area contributed by atoms with E-state index in [4.69, 9.17) is 0 Å². The predicted molar refractivity (Wildman–Crippen MR) is 119 cm³/mol. The number of nitrogens with one attached hydrogen (secondary N) is 1. The Balaban J connectivity index is 1.32. The van der Waals surface area contributed by atoms with Gasteiger partial charge in [0.2, 0.25) is 5.95 Å². The Labute approximate surface area is 196 Å². The molecule has 1 aliphatic rings. The third-order valence-corrected chi connectivity index (χ3v) is 5.90. The predicted octanol–water partition coefficient (Wildman–Crippen LogP) is 4.87. The van der Waals surface area contributed by atoms with Gasteiger partial charge in [0.05, 0.1) is 0 Å². The lowest BCUT2D eigenvalue weighted by Gasteiger charge is -2.33. The van der Waals surface area contributed by atoms with Crippen molar-refractivity contribution in [3.05, 3.63) is 65.7 Å². The summed E-state index contributed by atoms with van der Waals surface area (Å²) >= 11 is 0. The number of nitrogens with zero attached hydrogens (tertiary/aromatic N) is 6. The van der Waals surface area contributed by atoms with E-state index in [1.807, 2.05) is 13.0 Å². The van der Waals surface area contributed by atoms with E-state index in [2.05, 4.69) is 25.4 Å². The zero-order valence-electron chi connectivity index (χ0n) is 18.5. The monoisotopic (exact) mass is 489 g/mol. The molecule has 7 nitrogen and oxygen atoms in total. The SMILES string of the molecule is Cc1cc(-c2ccc(F)c(F)c2)c2nc(NC3CCN(c4cc(C(F)(F)F)ncn4)CC3)nn2c1. The van der Waals surface area contributed by atoms with Crippen LogP contribution in [0.4, 0.5) is 33.7 Å². The van der Waals surface area contributed by atoms with Gasteiger partial charge in [0.15, 0.2) is 17.3 Å². The minimum Gasteiger partial charge on any atom is -0.356 e. The summed E-state index contributed by atoms with van der Waals surface area (Å²) in [5.41, 5.74) is 1.48. The molecule has 1 saturated heterocycles. The Morgan fingerprint density at radius 1 is 1.00 bits per heavy atom. The van der Waals surface area contributed by atoms with E-state index in [0.717, 1.165) is 30.1 Å². The van der Waals surface area contributed by atoms with E-state index in [9.17, 15) is 22.0 Å². The maximum absolute atomic E-state index is 13.8. The Hall–Kier alpha value is -3.83. The van der Waals surface area contributed by atoms with Gasteiger partial charge < -0.3 is 10.2 Å². The number of alkyl halides is 3. The van der Waals surface area contributed by atoms with Crippen LogP contribution in [0.15, 0.2) is 42.9 Å². The number of hydrogen-bond acceptors (Lipinski definition) is 6. The molecule has 0 aliphatic carbocycles. The highest BCUT2D eigenvalue weighted by molar-refractivity contribution is 5.78. The molecule has 0 bridgehead atoms. The van der Waals surface area contributed by atoms with Crippen molar-refractivity contribution in [3.8, 4) is 11.1 Å². The highest BCUT2D eigenvalue weighted by Gasteiger charge is 2.33. The Morgan fingerprint density at radius 3 is 2.49 bits per heavy atom. The maximum Gasteiger partial charge on any atom is 0.433 e. The van der Waals surface area contributed by atoms with Crippen molar-refractivity contribution in [1.29, 1.82) is 0 Å². The molecule has 4 aromatic rings. The zero-order valence-corrected chi connectivity index (χ0v) is 18.5. The summed E-state index contributed by atoms with van der Waals surface area (Å²) in [5.74, 6) is -1.26. The first-order chi connectivity index (χ1) is 16.7. The van der Waals surface area contributed by atoms with Crippen molar-refractivity contribution in [3.63, 3.8) is 0 Å². The molecule has 1 aromatic carbocycles. The zero-order chi connectivity index (χ0) is 24.7. The Morgan fingerprint density at radius 2 is 1.77 bits per heavy atom. The number of pyridine rings is 1. The number of halogens is 5. The normalized spacial score (nSPS) is 15.1. The van der Waals surface area contributed by atoms with Gasteiger partial charge in [-0.25, -0.2) is 23.3 Å². The van der Waals surface area contributed by atoms with Gasteiger partial charge in [-0.3, -0.25) is 0 Å². The van der Waals surface area contributed by atoms with Crippen LogP contribution < -0.4 is 10.2 Å². The van der Waals surface area contributed by atoms with Gasteiger partial charge in [-0.15, -0.1) is 5.10 Å². The van der Waals surface area contributed by atoms with Gasteiger partial charge in [0.25, 0.3) is 0 Å². The molecule has 3 aromatic heterocycles. The number of aromatic nitrogens is 5. The van der Waals surface area contributed by atoms with E-state index < -0.39 is 23.5 Å². The molecule has 1 N–H and O–H groups in total. The maximum atomic E-state index is 13.8. The summed E-state index contributed by atoms with van der Waals surface area (Å²) in [5, 5.41) is 7.76. The first-order valence-corrected chi connectivity index (χ1v) is 10.9. The summed E-state index contributed by atoms with van der Waals surface area (Å²) in [7, 11) is 0. The third kappa shape index (κ3) is 4.73. The van der Waals surface area contributed by atoms with Crippen LogP contribution in [-0.2, 0) is 6.18 Å². The molecule has 4 heterocycles.